The predicted octanol–water partition coefficient (Wildman–Crippen LogP) is 3.43. The van der Waals surface area contributed by atoms with Crippen molar-refractivity contribution < 1.29 is 29.0 Å². The van der Waals surface area contributed by atoms with Crippen LogP contribution < -0.4 is 4.74 Å². The molecule has 7 nitrogen and oxygen atoms in total. The number of amides is 2. The quantitative estimate of drug-likeness (QED) is 0.612. The smallest absolute Gasteiger partial charge is 0.326 e. The van der Waals surface area contributed by atoms with E-state index in [1.165, 1.54) is 25.3 Å². The van der Waals surface area contributed by atoms with Crippen LogP contribution >= 0.6 is 23.4 Å². The van der Waals surface area contributed by atoms with Gasteiger partial charge in [-0.2, -0.15) is 0 Å². The number of carbonyl (C=O) groups is 3. The van der Waals surface area contributed by atoms with Crippen LogP contribution in [0.4, 0.5) is 4.79 Å². The van der Waals surface area contributed by atoms with E-state index < -0.39 is 29.3 Å². The van der Waals surface area contributed by atoms with Crippen LogP contribution in [0.5, 0.6) is 11.5 Å². The number of hydrogen-bond donors (Lipinski definition) is 1. The number of aromatic hydroxyl groups is 1. The maximum atomic E-state index is 12.4. The van der Waals surface area contributed by atoms with Gasteiger partial charge < -0.3 is 14.6 Å². The second-order valence-electron chi connectivity index (χ2n) is 6.41. The SMILES string of the molecule is COc1cc(/C=C2/SC(=O)N(CC(=O)OC(C)(C)C)C2=O)cc(Cl)c1O. The number of ether oxygens (including phenoxy) is 2. The molecule has 1 aliphatic heterocycles. The zero-order valence-corrected chi connectivity index (χ0v) is 16.2. The number of methoxy groups -OCH3 is 1. The minimum atomic E-state index is -0.714. The van der Waals surface area contributed by atoms with Gasteiger partial charge in [-0.15, -0.1) is 0 Å². The second kappa shape index (κ2) is 7.59. The number of esters is 1. The van der Waals surface area contributed by atoms with Crippen molar-refractivity contribution in [2.24, 2.45) is 0 Å². The highest BCUT2D eigenvalue weighted by Crippen LogP contribution is 2.37. The molecule has 9 heteroatoms. The van der Waals surface area contributed by atoms with Crippen molar-refractivity contribution in [1.29, 1.82) is 0 Å². The third-order valence-electron chi connectivity index (χ3n) is 3.15. The minimum Gasteiger partial charge on any atom is -0.503 e. The Morgan fingerprint density at radius 3 is 2.58 bits per heavy atom. The van der Waals surface area contributed by atoms with Crippen molar-refractivity contribution in [2.75, 3.05) is 13.7 Å². The summed E-state index contributed by atoms with van der Waals surface area (Å²) in [4.78, 5) is 37.3. The minimum absolute atomic E-state index is 0.0450. The average molecular weight is 400 g/mol. The number of rotatable bonds is 4. The predicted molar refractivity (Wildman–Crippen MR) is 98.2 cm³/mol. The molecule has 0 bridgehead atoms. The fourth-order valence-electron chi connectivity index (χ4n) is 2.12. The van der Waals surface area contributed by atoms with Gasteiger partial charge >= 0.3 is 5.97 Å². The highest BCUT2D eigenvalue weighted by molar-refractivity contribution is 8.18. The number of halogens is 1. The fourth-order valence-corrected chi connectivity index (χ4v) is 3.18. The molecule has 1 N–H and O–H groups in total. The van der Waals surface area contributed by atoms with Gasteiger partial charge in [-0.25, -0.2) is 0 Å². The van der Waals surface area contributed by atoms with Crippen molar-refractivity contribution in [1.82, 2.24) is 4.90 Å². The van der Waals surface area contributed by atoms with Crippen molar-refractivity contribution in [3.05, 3.63) is 27.6 Å². The van der Waals surface area contributed by atoms with Gasteiger partial charge in [0.1, 0.15) is 12.1 Å². The molecular weight excluding hydrogens is 382 g/mol. The van der Waals surface area contributed by atoms with Crippen molar-refractivity contribution in [3.63, 3.8) is 0 Å². The molecule has 0 radical (unpaired) electrons. The first-order chi connectivity index (χ1) is 12.0. The molecule has 1 saturated heterocycles. The first-order valence-electron chi connectivity index (χ1n) is 7.55. The molecule has 1 fully saturated rings. The van der Waals surface area contributed by atoms with E-state index in [0.29, 0.717) is 17.3 Å². The maximum Gasteiger partial charge on any atom is 0.326 e. The first-order valence-corrected chi connectivity index (χ1v) is 8.75. The molecule has 26 heavy (non-hydrogen) atoms. The van der Waals surface area contributed by atoms with E-state index in [1.54, 1.807) is 20.8 Å². The molecule has 0 spiro atoms. The van der Waals surface area contributed by atoms with Crippen LogP contribution in [0.25, 0.3) is 6.08 Å². The van der Waals surface area contributed by atoms with Crippen LogP contribution in [0.1, 0.15) is 26.3 Å². The summed E-state index contributed by atoms with van der Waals surface area (Å²) in [7, 11) is 1.36. The van der Waals surface area contributed by atoms with Crippen molar-refractivity contribution >= 4 is 46.6 Å². The Bertz CT molecular complexity index is 799. The zero-order valence-electron chi connectivity index (χ0n) is 14.7. The molecule has 1 aromatic carbocycles. The molecule has 0 aliphatic carbocycles. The lowest BCUT2D eigenvalue weighted by molar-refractivity contribution is -0.156. The third-order valence-corrected chi connectivity index (χ3v) is 4.34. The standard InChI is InChI=1S/C17H18ClNO6S/c1-17(2,3)25-13(20)8-19-15(22)12(26-16(19)23)7-9-5-10(18)14(21)11(6-9)24-4/h5-7,21H,8H2,1-4H3/b12-7+. The number of carbonyl (C=O) groups excluding carboxylic acids is 3. The molecule has 2 rings (SSSR count). The van der Waals surface area contributed by atoms with Gasteiger partial charge in [0.15, 0.2) is 11.5 Å². The van der Waals surface area contributed by atoms with Crippen LogP contribution in [0.3, 0.4) is 0 Å². The third kappa shape index (κ3) is 4.70. The van der Waals surface area contributed by atoms with Gasteiger partial charge in [0.2, 0.25) is 0 Å². The summed E-state index contributed by atoms with van der Waals surface area (Å²) in [6, 6.07) is 2.91. The highest BCUT2D eigenvalue weighted by Gasteiger charge is 2.37. The van der Waals surface area contributed by atoms with Crippen LogP contribution in [0.15, 0.2) is 17.0 Å². The Morgan fingerprint density at radius 1 is 1.35 bits per heavy atom. The second-order valence-corrected chi connectivity index (χ2v) is 7.81. The summed E-state index contributed by atoms with van der Waals surface area (Å²) in [6.07, 6.45) is 1.44. The number of benzene rings is 1. The summed E-state index contributed by atoms with van der Waals surface area (Å²) in [6.45, 7) is 4.63. The first kappa shape index (κ1) is 20.1. The maximum absolute atomic E-state index is 12.4. The Morgan fingerprint density at radius 2 is 2.00 bits per heavy atom. The number of phenolic OH excluding ortho intramolecular Hbond substituents is 1. The number of thioether (sulfide) groups is 1. The zero-order chi connectivity index (χ0) is 19.6. The average Bonchev–Trinajstić information content (AvgIpc) is 2.76. The molecule has 0 saturated carbocycles. The van der Waals surface area contributed by atoms with E-state index in [4.69, 9.17) is 21.1 Å². The lowest BCUT2D eigenvalue weighted by Gasteiger charge is -2.21. The summed E-state index contributed by atoms with van der Waals surface area (Å²) < 4.78 is 10.1. The monoisotopic (exact) mass is 399 g/mol. The van der Waals surface area contributed by atoms with Gasteiger partial charge in [0, 0.05) is 0 Å². The summed E-state index contributed by atoms with van der Waals surface area (Å²) in [5, 5.41) is 9.23. The van der Waals surface area contributed by atoms with E-state index in [1.807, 2.05) is 0 Å². The number of phenols is 1. The van der Waals surface area contributed by atoms with Crippen molar-refractivity contribution in [3.8, 4) is 11.5 Å². The molecule has 0 atom stereocenters. The normalized spacial score (nSPS) is 16.3. The van der Waals surface area contributed by atoms with Crippen LogP contribution in [0, 0.1) is 0 Å². The molecule has 1 heterocycles. The number of hydrogen-bond acceptors (Lipinski definition) is 7. The molecule has 0 aromatic heterocycles. The van der Waals surface area contributed by atoms with Crippen LogP contribution in [0.2, 0.25) is 5.02 Å². The summed E-state index contributed by atoms with van der Waals surface area (Å²) in [5.41, 5.74) is -0.249. The lowest BCUT2D eigenvalue weighted by atomic mass is 10.2. The fraction of sp³-hybridized carbons (Fsp3) is 0.353. The van der Waals surface area contributed by atoms with Gasteiger partial charge in [-0.05, 0) is 56.3 Å². The molecule has 1 aromatic rings. The highest BCUT2D eigenvalue weighted by atomic mass is 35.5. The molecule has 0 unspecified atom stereocenters. The summed E-state index contributed by atoms with van der Waals surface area (Å²) in [5.74, 6) is -1.36. The summed E-state index contributed by atoms with van der Waals surface area (Å²) >= 11 is 6.62. The molecule has 140 valence electrons. The van der Waals surface area contributed by atoms with Crippen LogP contribution in [-0.4, -0.2) is 46.4 Å². The molecule has 1 aliphatic rings. The van der Waals surface area contributed by atoms with E-state index in [0.717, 1.165) is 4.90 Å². The number of nitrogens with zero attached hydrogens (tertiary/aromatic N) is 1. The van der Waals surface area contributed by atoms with Gasteiger partial charge in [0.05, 0.1) is 17.0 Å². The Labute approximate surface area is 159 Å². The van der Waals surface area contributed by atoms with Gasteiger partial charge in [0.25, 0.3) is 11.1 Å². The van der Waals surface area contributed by atoms with E-state index in [2.05, 4.69) is 0 Å². The van der Waals surface area contributed by atoms with E-state index in [-0.39, 0.29) is 21.4 Å². The van der Waals surface area contributed by atoms with E-state index in [9.17, 15) is 19.5 Å². The van der Waals surface area contributed by atoms with Crippen LogP contribution in [-0.2, 0) is 14.3 Å². The van der Waals surface area contributed by atoms with Gasteiger partial charge in [-0.3, -0.25) is 19.3 Å². The largest absolute Gasteiger partial charge is 0.503 e. The molecule has 2 amide bonds. The Balaban J connectivity index is 2.22. The van der Waals surface area contributed by atoms with E-state index >= 15 is 0 Å². The number of imide groups is 1. The topological polar surface area (TPSA) is 93.1 Å². The molecular formula is C17H18ClNO6S. The Kier molecular flexibility index (Phi) is 5.87. The van der Waals surface area contributed by atoms with Gasteiger partial charge in [-0.1, -0.05) is 11.6 Å². The van der Waals surface area contributed by atoms with Crippen molar-refractivity contribution in [2.45, 2.75) is 26.4 Å². The lowest BCUT2D eigenvalue weighted by Crippen LogP contribution is -2.37. The Hall–Kier alpha value is -2.19.